The summed E-state index contributed by atoms with van der Waals surface area (Å²) in [4.78, 5) is 0. The standard InChI is InChI=1S/C5H7S2.Y/c1-2-7-5-3-6-4-5;/h5H,1,3-4H2;/q-1;. The van der Waals surface area contributed by atoms with Gasteiger partial charge in [0.05, 0.1) is 0 Å². The van der Waals surface area contributed by atoms with Crippen LogP contribution in [0.4, 0.5) is 0 Å². The molecule has 1 aliphatic heterocycles. The van der Waals surface area contributed by atoms with Gasteiger partial charge in [-0.3, -0.25) is 6.58 Å². The van der Waals surface area contributed by atoms with Gasteiger partial charge in [0, 0.05) is 44.2 Å². The average Bonchev–Trinajstić information content (AvgIpc) is 1.55. The van der Waals surface area contributed by atoms with Crippen LogP contribution in [0.5, 0.6) is 0 Å². The molecule has 0 aromatic heterocycles. The molecule has 1 saturated heterocycles. The molecule has 1 radical (unpaired) electrons. The molecule has 0 amide bonds. The van der Waals surface area contributed by atoms with E-state index in [4.69, 9.17) is 0 Å². The molecule has 8 heavy (non-hydrogen) atoms. The fraction of sp³-hybridized carbons (Fsp3) is 0.600. The average molecular weight is 220 g/mol. The fourth-order valence-corrected chi connectivity index (χ4v) is 2.19. The second-order valence-electron chi connectivity index (χ2n) is 1.42. The van der Waals surface area contributed by atoms with Gasteiger partial charge in [0.15, 0.2) is 0 Å². The molecular weight excluding hydrogens is 213 g/mol. The third kappa shape index (κ3) is 2.91. The topological polar surface area (TPSA) is 0 Å². The molecule has 0 aliphatic carbocycles. The third-order valence-corrected chi connectivity index (χ3v) is 3.39. The fourth-order valence-electron chi connectivity index (χ4n) is 0.400. The van der Waals surface area contributed by atoms with Gasteiger partial charge in [0.2, 0.25) is 0 Å². The first-order valence-electron chi connectivity index (χ1n) is 2.19. The molecule has 0 aromatic carbocycles. The van der Waals surface area contributed by atoms with Gasteiger partial charge in [0.1, 0.15) is 0 Å². The summed E-state index contributed by atoms with van der Waals surface area (Å²) in [5, 5.41) is 3.66. The first-order valence-corrected chi connectivity index (χ1v) is 4.22. The van der Waals surface area contributed by atoms with E-state index in [0.29, 0.717) is 0 Å². The third-order valence-electron chi connectivity index (χ3n) is 0.857. The first kappa shape index (κ1) is 9.54. The molecule has 0 aromatic rings. The van der Waals surface area contributed by atoms with Gasteiger partial charge in [-0.1, -0.05) is 0 Å². The minimum atomic E-state index is 0. The second-order valence-corrected chi connectivity index (χ2v) is 3.69. The zero-order valence-corrected chi connectivity index (χ0v) is 9.06. The second kappa shape index (κ2) is 5.34. The first-order chi connectivity index (χ1) is 3.43. The Morgan fingerprint density at radius 2 is 2.25 bits per heavy atom. The van der Waals surface area contributed by atoms with Gasteiger partial charge in [-0.25, -0.2) is 0 Å². The summed E-state index contributed by atoms with van der Waals surface area (Å²) in [6, 6.07) is 0. The van der Waals surface area contributed by atoms with E-state index in [1.165, 1.54) is 11.5 Å². The van der Waals surface area contributed by atoms with E-state index in [-0.39, 0.29) is 32.7 Å². The van der Waals surface area contributed by atoms with Crippen molar-refractivity contribution >= 4 is 23.5 Å². The van der Waals surface area contributed by atoms with E-state index in [2.05, 4.69) is 12.0 Å². The van der Waals surface area contributed by atoms with Crippen LogP contribution in [0.3, 0.4) is 0 Å². The van der Waals surface area contributed by atoms with Gasteiger partial charge in [0.25, 0.3) is 0 Å². The summed E-state index contributed by atoms with van der Waals surface area (Å²) in [6.45, 7) is 3.51. The molecule has 0 spiro atoms. The minimum Gasteiger partial charge on any atom is -0.440 e. The van der Waals surface area contributed by atoms with Crippen molar-refractivity contribution in [3.8, 4) is 0 Å². The molecule has 0 nitrogen and oxygen atoms in total. The Kier molecular flexibility index (Phi) is 6.37. The number of hydrogen-bond acceptors (Lipinski definition) is 2. The summed E-state index contributed by atoms with van der Waals surface area (Å²) in [5.74, 6) is 2.60. The van der Waals surface area contributed by atoms with Crippen molar-refractivity contribution in [1.82, 2.24) is 0 Å². The predicted molar refractivity (Wildman–Crippen MR) is 37.6 cm³/mol. The van der Waals surface area contributed by atoms with E-state index in [0.717, 1.165) is 5.25 Å². The maximum Gasteiger partial charge on any atom is 0.00366 e. The van der Waals surface area contributed by atoms with Crippen LogP contribution in [0.1, 0.15) is 0 Å². The van der Waals surface area contributed by atoms with Crippen molar-refractivity contribution in [3.05, 3.63) is 12.0 Å². The van der Waals surface area contributed by atoms with Crippen molar-refractivity contribution in [1.29, 1.82) is 0 Å². The molecule has 0 saturated carbocycles. The van der Waals surface area contributed by atoms with Gasteiger partial charge in [-0.2, -0.15) is 11.8 Å². The molecule has 0 atom stereocenters. The summed E-state index contributed by atoms with van der Waals surface area (Å²) < 4.78 is 0. The number of rotatable bonds is 2. The summed E-state index contributed by atoms with van der Waals surface area (Å²) in [6.07, 6.45) is 0. The molecule has 1 rings (SSSR count). The molecule has 3 heteroatoms. The Balaban J connectivity index is 0.000000490. The van der Waals surface area contributed by atoms with Crippen molar-refractivity contribution in [2.24, 2.45) is 0 Å². The van der Waals surface area contributed by atoms with Gasteiger partial charge in [-0.15, -0.1) is 0 Å². The van der Waals surface area contributed by atoms with Crippen LogP contribution in [-0.2, 0) is 32.7 Å². The van der Waals surface area contributed by atoms with E-state index >= 15 is 0 Å². The minimum absolute atomic E-state index is 0. The maximum atomic E-state index is 3.51. The quantitative estimate of drug-likeness (QED) is 0.650. The Labute approximate surface area is 84.1 Å². The van der Waals surface area contributed by atoms with E-state index in [1.807, 2.05) is 11.8 Å². The smallest absolute Gasteiger partial charge is 0.00366 e. The molecule has 43 valence electrons. The zero-order chi connectivity index (χ0) is 5.11. The maximum absolute atomic E-state index is 3.51. The Morgan fingerprint density at radius 1 is 1.62 bits per heavy atom. The molecule has 0 unspecified atom stereocenters. The Hall–Kier alpha value is 1.54. The van der Waals surface area contributed by atoms with Crippen LogP contribution in [0.2, 0.25) is 0 Å². The van der Waals surface area contributed by atoms with E-state index in [9.17, 15) is 0 Å². The van der Waals surface area contributed by atoms with Crippen LogP contribution in [0.15, 0.2) is 6.58 Å². The Bertz CT molecular complexity index is 70.8. The normalized spacial score (nSPS) is 18.5. The Morgan fingerprint density at radius 3 is 2.38 bits per heavy atom. The van der Waals surface area contributed by atoms with Crippen LogP contribution in [0, 0.1) is 5.41 Å². The monoisotopic (exact) mass is 220 g/mol. The van der Waals surface area contributed by atoms with Gasteiger partial charge >= 0.3 is 0 Å². The van der Waals surface area contributed by atoms with Crippen LogP contribution < -0.4 is 0 Å². The van der Waals surface area contributed by atoms with E-state index < -0.39 is 0 Å². The van der Waals surface area contributed by atoms with Crippen LogP contribution >= 0.6 is 23.5 Å². The SMILES string of the molecule is C=[C-]SC1CSC1.[Y]. The predicted octanol–water partition coefficient (Wildman–Crippen LogP) is 1.78. The number of thioether (sulfide) groups is 2. The number of hydrogen-bond donors (Lipinski definition) is 0. The largest absolute Gasteiger partial charge is 0.440 e. The summed E-state index contributed by atoms with van der Waals surface area (Å²) >= 11 is 3.73. The molecule has 0 bridgehead atoms. The van der Waals surface area contributed by atoms with Crippen molar-refractivity contribution in [2.45, 2.75) is 5.25 Å². The van der Waals surface area contributed by atoms with Crippen molar-refractivity contribution < 1.29 is 32.7 Å². The molecule has 1 heterocycles. The van der Waals surface area contributed by atoms with Crippen LogP contribution in [0.25, 0.3) is 0 Å². The van der Waals surface area contributed by atoms with Crippen molar-refractivity contribution in [3.63, 3.8) is 0 Å². The zero-order valence-electron chi connectivity index (χ0n) is 4.59. The summed E-state index contributed by atoms with van der Waals surface area (Å²) in [5.41, 5.74) is 0. The molecule has 0 N–H and O–H groups in total. The molecular formula is C5H7S2Y-. The van der Waals surface area contributed by atoms with Gasteiger partial charge in [-0.05, 0) is 5.25 Å². The van der Waals surface area contributed by atoms with E-state index in [1.54, 1.807) is 11.8 Å². The molecule has 1 aliphatic rings. The van der Waals surface area contributed by atoms with Crippen molar-refractivity contribution in [2.75, 3.05) is 11.5 Å². The van der Waals surface area contributed by atoms with Crippen LogP contribution in [-0.4, -0.2) is 16.8 Å². The van der Waals surface area contributed by atoms with Gasteiger partial charge < -0.3 is 17.2 Å². The summed E-state index contributed by atoms with van der Waals surface area (Å²) in [7, 11) is 0. The molecule has 1 fully saturated rings.